The molecule has 0 N–H and O–H groups in total. The van der Waals surface area contributed by atoms with E-state index in [0.29, 0.717) is 0 Å². The monoisotopic (exact) mass is 210 g/mol. The van der Waals surface area contributed by atoms with Crippen LogP contribution in [0.3, 0.4) is 0 Å². The van der Waals surface area contributed by atoms with E-state index in [4.69, 9.17) is 0 Å². The molecule has 0 saturated heterocycles. The topological polar surface area (TPSA) is 0 Å². The molecule has 0 heteroatoms. The van der Waals surface area contributed by atoms with Crippen LogP contribution in [-0.4, -0.2) is 0 Å². The first kappa shape index (κ1) is 13.1. The van der Waals surface area contributed by atoms with Gasteiger partial charge >= 0.3 is 0 Å². The molecule has 0 aromatic heterocycles. The third kappa shape index (κ3) is 24.9. The predicted octanol–water partition coefficient (Wildman–Crippen LogP) is 5.85. The molecule has 0 aromatic rings. The molecule has 4 rings (SSSR count). The molecule has 0 nitrogen and oxygen atoms in total. The highest BCUT2D eigenvalue weighted by Crippen LogP contribution is 2.16. The molecule has 0 amide bonds. The second kappa shape index (κ2) is 10.5. The molecule has 4 aliphatic carbocycles. The maximum Gasteiger partial charge on any atom is -0.0533 e. The number of hydrogen-bond acceptors (Lipinski definition) is 0. The van der Waals surface area contributed by atoms with E-state index < -0.39 is 0 Å². The first-order valence-electron chi connectivity index (χ1n) is 7.50. The van der Waals surface area contributed by atoms with Crippen molar-refractivity contribution in [3.8, 4) is 0 Å². The normalized spacial score (nSPS) is 24.0. The van der Waals surface area contributed by atoms with Gasteiger partial charge in [0.25, 0.3) is 0 Å². The van der Waals surface area contributed by atoms with Gasteiger partial charge in [-0.3, -0.25) is 0 Å². The summed E-state index contributed by atoms with van der Waals surface area (Å²) >= 11 is 0. The summed E-state index contributed by atoms with van der Waals surface area (Å²) in [5.74, 6) is 0. The van der Waals surface area contributed by atoms with Gasteiger partial charge in [0, 0.05) is 0 Å². The van der Waals surface area contributed by atoms with E-state index in [1.54, 1.807) is 0 Å². The van der Waals surface area contributed by atoms with Gasteiger partial charge in [0.2, 0.25) is 0 Å². The third-order valence-electron chi connectivity index (χ3n) is 2.56. The molecule has 4 aliphatic rings. The van der Waals surface area contributed by atoms with Gasteiger partial charge in [-0.05, 0) is 0 Å². The fraction of sp³-hybridized carbons (Fsp3) is 1.00. The van der Waals surface area contributed by atoms with Crippen molar-refractivity contribution in [2.45, 2.75) is 96.3 Å². The van der Waals surface area contributed by atoms with E-state index in [1.165, 1.54) is 96.3 Å². The Hall–Kier alpha value is 0. The SMILES string of the molecule is C1CC1.C1CC1.C1CC1.C1CCCCC1. The largest absolute Gasteiger partial charge is 0.0533 e. The molecule has 0 atom stereocenters. The zero-order valence-electron chi connectivity index (χ0n) is 10.6. The Kier molecular flexibility index (Phi) is 9.16. The van der Waals surface area contributed by atoms with Crippen LogP contribution in [0.1, 0.15) is 96.3 Å². The Bertz CT molecular complexity index is 73.2. The minimum absolute atomic E-state index is 1.50. The van der Waals surface area contributed by atoms with Gasteiger partial charge in [0.1, 0.15) is 0 Å². The lowest BCUT2D eigenvalue weighted by molar-refractivity contribution is 0.504. The highest BCUT2D eigenvalue weighted by atomic mass is 14.0. The van der Waals surface area contributed by atoms with Gasteiger partial charge in [0.15, 0.2) is 0 Å². The zero-order valence-corrected chi connectivity index (χ0v) is 10.6. The average Bonchev–Trinajstić information content (AvgIpc) is 3.17. The van der Waals surface area contributed by atoms with Crippen LogP contribution in [-0.2, 0) is 0 Å². The van der Waals surface area contributed by atoms with E-state index in [9.17, 15) is 0 Å². The van der Waals surface area contributed by atoms with Gasteiger partial charge in [-0.1, -0.05) is 96.3 Å². The standard InChI is InChI=1S/C6H12.3C3H6/c1-2-4-6-5-3-1;3*1-2-3-1/h1-6H2;3*1-3H2. The highest BCUT2D eigenvalue weighted by Gasteiger charge is 1.96. The Morgan fingerprint density at radius 1 is 0.133 bits per heavy atom. The van der Waals surface area contributed by atoms with Crippen molar-refractivity contribution in [3.05, 3.63) is 0 Å². The van der Waals surface area contributed by atoms with Gasteiger partial charge in [-0.15, -0.1) is 0 Å². The van der Waals surface area contributed by atoms with Crippen molar-refractivity contribution in [1.29, 1.82) is 0 Å². The average molecular weight is 210 g/mol. The maximum absolute atomic E-state index is 1.50. The molecular weight excluding hydrogens is 180 g/mol. The van der Waals surface area contributed by atoms with Crippen molar-refractivity contribution in [3.63, 3.8) is 0 Å². The van der Waals surface area contributed by atoms with Crippen molar-refractivity contribution in [2.75, 3.05) is 0 Å². The summed E-state index contributed by atoms with van der Waals surface area (Å²) in [4.78, 5) is 0. The third-order valence-corrected chi connectivity index (χ3v) is 2.56. The van der Waals surface area contributed by atoms with Gasteiger partial charge in [0.05, 0.1) is 0 Å². The fourth-order valence-electron chi connectivity index (χ4n) is 1.06. The summed E-state index contributed by atoms with van der Waals surface area (Å²) in [6.07, 6.45) is 22.5. The summed E-state index contributed by atoms with van der Waals surface area (Å²) in [5.41, 5.74) is 0. The molecule has 15 heavy (non-hydrogen) atoms. The van der Waals surface area contributed by atoms with Crippen LogP contribution in [0.15, 0.2) is 0 Å². The Morgan fingerprint density at radius 3 is 0.267 bits per heavy atom. The van der Waals surface area contributed by atoms with Crippen molar-refractivity contribution >= 4 is 0 Å². The lowest BCUT2D eigenvalue weighted by Gasteiger charge is -2.05. The molecular formula is C15H30. The molecule has 0 spiro atoms. The lowest BCUT2D eigenvalue weighted by atomic mass is 10.0. The van der Waals surface area contributed by atoms with Crippen molar-refractivity contribution in [2.24, 2.45) is 0 Å². The van der Waals surface area contributed by atoms with Crippen LogP contribution < -0.4 is 0 Å². The number of hydrogen-bond donors (Lipinski definition) is 0. The van der Waals surface area contributed by atoms with E-state index in [0.717, 1.165) is 0 Å². The molecule has 4 saturated carbocycles. The highest BCUT2D eigenvalue weighted by molar-refractivity contribution is 4.51. The fourth-order valence-corrected chi connectivity index (χ4v) is 1.06. The molecule has 0 radical (unpaired) electrons. The summed E-state index contributed by atoms with van der Waals surface area (Å²) in [7, 11) is 0. The summed E-state index contributed by atoms with van der Waals surface area (Å²) in [6, 6.07) is 0. The minimum Gasteiger partial charge on any atom is -0.0533 e. The predicted molar refractivity (Wildman–Crippen MR) is 69.3 cm³/mol. The van der Waals surface area contributed by atoms with Crippen molar-refractivity contribution < 1.29 is 0 Å². The van der Waals surface area contributed by atoms with E-state index in [-0.39, 0.29) is 0 Å². The van der Waals surface area contributed by atoms with Crippen LogP contribution >= 0.6 is 0 Å². The molecule has 0 unspecified atom stereocenters. The molecule has 0 heterocycles. The van der Waals surface area contributed by atoms with Gasteiger partial charge < -0.3 is 0 Å². The molecule has 4 fully saturated rings. The van der Waals surface area contributed by atoms with E-state index in [1.807, 2.05) is 0 Å². The maximum atomic E-state index is 1.50. The van der Waals surface area contributed by atoms with E-state index in [2.05, 4.69) is 0 Å². The van der Waals surface area contributed by atoms with Crippen LogP contribution in [0, 0.1) is 0 Å². The summed E-state index contributed by atoms with van der Waals surface area (Å²) in [5, 5.41) is 0. The smallest absolute Gasteiger partial charge is 0.0533 e. The van der Waals surface area contributed by atoms with Crippen molar-refractivity contribution in [1.82, 2.24) is 0 Å². The van der Waals surface area contributed by atoms with Crippen LogP contribution in [0.4, 0.5) is 0 Å². The second-order valence-corrected chi connectivity index (χ2v) is 5.30. The Balaban J connectivity index is 0.000000106. The second-order valence-electron chi connectivity index (χ2n) is 5.30. The Labute approximate surface area is 96.8 Å². The van der Waals surface area contributed by atoms with Gasteiger partial charge in [-0.2, -0.15) is 0 Å². The molecule has 90 valence electrons. The summed E-state index contributed by atoms with van der Waals surface area (Å²) in [6.45, 7) is 0. The first-order chi connectivity index (χ1) is 7.50. The number of rotatable bonds is 0. The quantitative estimate of drug-likeness (QED) is 0.470. The zero-order chi connectivity index (χ0) is 10.6. The Morgan fingerprint density at radius 2 is 0.200 bits per heavy atom. The minimum atomic E-state index is 1.50. The van der Waals surface area contributed by atoms with Crippen LogP contribution in [0.5, 0.6) is 0 Å². The lowest BCUT2D eigenvalue weighted by Crippen LogP contribution is -1.85. The van der Waals surface area contributed by atoms with Crippen LogP contribution in [0.2, 0.25) is 0 Å². The molecule has 0 bridgehead atoms. The van der Waals surface area contributed by atoms with Crippen LogP contribution in [0.25, 0.3) is 0 Å². The molecule has 0 aromatic carbocycles. The summed E-state index contributed by atoms with van der Waals surface area (Å²) < 4.78 is 0. The van der Waals surface area contributed by atoms with E-state index >= 15 is 0 Å². The van der Waals surface area contributed by atoms with Gasteiger partial charge in [-0.25, -0.2) is 0 Å². The first-order valence-corrected chi connectivity index (χ1v) is 7.50. The molecule has 0 aliphatic heterocycles.